The quantitative estimate of drug-likeness (QED) is 0.595. The minimum atomic E-state index is -0.0581. The van der Waals surface area contributed by atoms with Gasteiger partial charge in [-0.1, -0.05) is 24.3 Å². The number of rotatable bonds is 3. The van der Waals surface area contributed by atoms with Crippen LogP contribution in [0.25, 0.3) is 10.9 Å². The Balaban J connectivity index is 0.960. The molecule has 3 fully saturated rings. The third-order valence-electron chi connectivity index (χ3n) is 9.54. The highest BCUT2D eigenvalue weighted by Crippen LogP contribution is 2.60. The first-order chi connectivity index (χ1) is 18.1. The predicted octanol–water partition coefficient (Wildman–Crippen LogP) is 3.96. The van der Waals surface area contributed by atoms with Crippen molar-refractivity contribution in [3.05, 3.63) is 59.9 Å². The summed E-state index contributed by atoms with van der Waals surface area (Å²) in [7, 11) is 0. The van der Waals surface area contributed by atoms with Crippen LogP contribution in [-0.4, -0.2) is 70.9 Å². The number of nitrogens with zero attached hydrogens (tertiary/aromatic N) is 4. The fourth-order valence-electron chi connectivity index (χ4n) is 7.22. The number of aromatic nitrogens is 2. The van der Waals surface area contributed by atoms with Crippen molar-refractivity contribution >= 4 is 28.5 Å². The molecule has 4 heterocycles. The number of piperazine rings is 1. The normalized spacial score (nSPS) is 24.8. The minimum Gasteiger partial charge on any atom is -0.357 e. The molecule has 2 amide bonds. The summed E-state index contributed by atoms with van der Waals surface area (Å²) in [6, 6.07) is 14.4. The molecular weight excluding hydrogens is 462 g/mol. The average molecular weight is 498 g/mol. The van der Waals surface area contributed by atoms with E-state index in [2.05, 4.69) is 48.9 Å². The second-order valence-electron chi connectivity index (χ2n) is 11.5. The number of anilines is 1. The van der Waals surface area contributed by atoms with E-state index in [0.717, 1.165) is 94.8 Å². The van der Waals surface area contributed by atoms with Crippen LogP contribution in [0.4, 0.5) is 5.82 Å². The summed E-state index contributed by atoms with van der Waals surface area (Å²) < 4.78 is 0. The third-order valence-corrected chi connectivity index (χ3v) is 9.54. The number of piperidine rings is 1. The molecule has 1 aromatic carbocycles. The van der Waals surface area contributed by atoms with Gasteiger partial charge in [0.15, 0.2) is 0 Å². The lowest BCUT2D eigenvalue weighted by Crippen LogP contribution is -2.50. The fourth-order valence-corrected chi connectivity index (χ4v) is 7.22. The van der Waals surface area contributed by atoms with Crippen LogP contribution in [0.1, 0.15) is 49.3 Å². The molecule has 192 valence electrons. The van der Waals surface area contributed by atoms with E-state index in [-0.39, 0.29) is 23.2 Å². The summed E-state index contributed by atoms with van der Waals surface area (Å²) in [5.74, 6) is 1.68. The highest BCUT2D eigenvalue weighted by atomic mass is 16.2. The van der Waals surface area contributed by atoms with Crippen molar-refractivity contribution in [3.8, 4) is 0 Å². The largest absolute Gasteiger partial charge is 0.357 e. The van der Waals surface area contributed by atoms with Gasteiger partial charge < -0.3 is 19.7 Å². The summed E-state index contributed by atoms with van der Waals surface area (Å²) >= 11 is 0. The van der Waals surface area contributed by atoms with E-state index in [1.54, 1.807) is 0 Å². The zero-order valence-corrected chi connectivity index (χ0v) is 21.4. The minimum absolute atomic E-state index is 0.0581. The zero-order chi connectivity index (χ0) is 25.0. The van der Waals surface area contributed by atoms with Gasteiger partial charge in [0.1, 0.15) is 5.82 Å². The lowest BCUT2D eigenvalue weighted by atomic mass is 9.84. The molecule has 7 rings (SSSR count). The molecule has 0 radical (unpaired) electrons. The Morgan fingerprint density at radius 3 is 2.43 bits per heavy atom. The highest BCUT2D eigenvalue weighted by molar-refractivity contribution is 5.90. The number of para-hydroxylation sites is 1. The molecule has 2 aromatic heterocycles. The van der Waals surface area contributed by atoms with Crippen LogP contribution in [0, 0.1) is 11.3 Å². The van der Waals surface area contributed by atoms with Crippen molar-refractivity contribution in [1.29, 1.82) is 0 Å². The molecular formula is C30H35N5O2. The van der Waals surface area contributed by atoms with E-state index in [9.17, 15) is 9.59 Å². The number of aromatic amines is 1. The van der Waals surface area contributed by atoms with Gasteiger partial charge in [-0.3, -0.25) is 9.59 Å². The number of hydrogen-bond acceptors (Lipinski definition) is 4. The first-order valence-corrected chi connectivity index (χ1v) is 14.0. The van der Waals surface area contributed by atoms with Crippen LogP contribution in [0.5, 0.6) is 0 Å². The number of pyridine rings is 1. The van der Waals surface area contributed by atoms with Crippen LogP contribution in [0.15, 0.2) is 48.7 Å². The molecule has 2 unspecified atom stereocenters. The molecule has 2 aliphatic carbocycles. The fraction of sp³-hybridized carbons (Fsp3) is 0.500. The number of fused-ring (bicyclic) bond motifs is 3. The van der Waals surface area contributed by atoms with E-state index in [1.807, 2.05) is 24.4 Å². The van der Waals surface area contributed by atoms with Gasteiger partial charge in [0.25, 0.3) is 0 Å². The lowest BCUT2D eigenvalue weighted by molar-refractivity contribution is -0.135. The van der Waals surface area contributed by atoms with E-state index < -0.39 is 0 Å². The van der Waals surface area contributed by atoms with E-state index in [4.69, 9.17) is 0 Å². The Morgan fingerprint density at radius 1 is 0.892 bits per heavy atom. The smallest absolute Gasteiger partial charge is 0.231 e. The van der Waals surface area contributed by atoms with Gasteiger partial charge in [0, 0.05) is 68.0 Å². The van der Waals surface area contributed by atoms with Crippen molar-refractivity contribution in [2.24, 2.45) is 11.3 Å². The standard InChI is InChI=1S/C30H35N5O2/c36-28(23-8-5-7-22-21-6-1-2-9-25(21)32-27(22)23)34-14-11-30(12-15-34)20-24(30)29(37)35-18-16-33(17-19-35)26-10-3-4-13-31-26/h1-4,6,9-10,13,23-24,32H,5,7-8,11-12,14-20H2. The van der Waals surface area contributed by atoms with Gasteiger partial charge in [0.2, 0.25) is 11.8 Å². The summed E-state index contributed by atoms with van der Waals surface area (Å²) in [6.07, 6.45) is 7.76. The number of H-pyrrole nitrogens is 1. The number of likely N-dealkylation sites (tertiary alicyclic amines) is 1. The molecule has 2 saturated heterocycles. The first kappa shape index (κ1) is 22.8. The second kappa shape index (κ2) is 8.89. The van der Waals surface area contributed by atoms with E-state index in [0.29, 0.717) is 5.91 Å². The highest BCUT2D eigenvalue weighted by Gasteiger charge is 2.59. The van der Waals surface area contributed by atoms with Gasteiger partial charge in [-0.2, -0.15) is 0 Å². The molecule has 4 aliphatic rings. The molecule has 2 atom stereocenters. The molecule has 2 aliphatic heterocycles. The Morgan fingerprint density at radius 2 is 1.65 bits per heavy atom. The van der Waals surface area contributed by atoms with Gasteiger partial charge in [0.05, 0.1) is 5.92 Å². The Kier molecular flexibility index (Phi) is 5.48. The maximum absolute atomic E-state index is 13.7. The molecule has 1 N–H and O–H groups in total. The number of benzene rings is 1. The molecule has 3 aromatic rings. The third kappa shape index (κ3) is 3.90. The molecule has 0 bridgehead atoms. The summed E-state index contributed by atoms with van der Waals surface area (Å²) in [6.45, 7) is 4.76. The Labute approximate surface area is 217 Å². The van der Waals surface area contributed by atoms with Crippen LogP contribution >= 0.6 is 0 Å². The second-order valence-corrected chi connectivity index (χ2v) is 11.5. The van der Waals surface area contributed by atoms with Crippen molar-refractivity contribution in [2.75, 3.05) is 44.2 Å². The molecule has 7 nitrogen and oxygen atoms in total. The summed E-state index contributed by atoms with van der Waals surface area (Å²) in [5.41, 5.74) is 3.74. The maximum Gasteiger partial charge on any atom is 0.231 e. The first-order valence-electron chi connectivity index (χ1n) is 14.0. The van der Waals surface area contributed by atoms with Crippen LogP contribution in [0.2, 0.25) is 0 Å². The van der Waals surface area contributed by atoms with Gasteiger partial charge in [-0.05, 0) is 67.7 Å². The molecule has 7 heteroatoms. The number of hydrogen-bond donors (Lipinski definition) is 1. The lowest BCUT2D eigenvalue weighted by Gasteiger charge is -2.38. The zero-order valence-electron chi connectivity index (χ0n) is 21.4. The number of nitrogens with one attached hydrogen (secondary N) is 1. The summed E-state index contributed by atoms with van der Waals surface area (Å²) in [5, 5.41) is 1.27. The SMILES string of the molecule is O=C(C1CCCc2c1[nH]c1ccccc21)N1CCC2(CC1)CC2C(=O)N1CCN(c2ccccn2)CC1. The van der Waals surface area contributed by atoms with E-state index in [1.165, 1.54) is 10.9 Å². The number of carbonyl (C=O) groups is 2. The average Bonchev–Trinajstić information content (AvgIpc) is 3.52. The van der Waals surface area contributed by atoms with Crippen LogP contribution in [0.3, 0.4) is 0 Å². The topological polar surface area (TPSA) is 72.5 Å². The van der Waals surface area contributed by atoms with Crippen molar-refractivity contribution < 1.29 is 9.59 Å². The van der Waals surface area contributed by atoms with Crippen molar-refractivity contribution in [3.63, 3.8) is 0 Å². The van der Waals surface area contributed by atoms with Gasteiger partial charge in [-0.25, -0.2) is 4.98 Å². The number of carbonyl (C=O) groups excluding carboxylic acids is 2. The molecule has 1 spiro atoms. The monoisotopic (exact) mass is 497 g/mol. The summed E-state index contributed by atoms with van der Waals surface area (Å²) in [4.78, 5) is 41.5. The predicted molar refractivity (Wildman–Crippen MR) is 143 cm³/mol. The van der Waals surface area contributed by atoms with Crippen LogP contribution in [-0.2, 0) is 16.0 Å². The number of amides is 2. The number of aryl methyl sites for hydroxylation is 1. The molecule has 37 heavy (non-hydrogen) atoms. The Bertz CT molecular complexity index is 1320. The van der Waals surface area contributed by atoms with Gasteiger partial charge in [-0.15, -0.1) is 0 Å². The maximum atomic E-state index is 13.7. The Hall–Kier alpha value is -3.35. The van der Waals surface area contributed by atoms with Crippen LogP contribution < -0.4 is 4.90 Å². The van der Waals surface area contributed by atoms with Crippen molar-refractivity contribution in [1.82, 2.24) is 19.8 Å². The molecule has 1 saturated carbocycles. The van der Waals surface area contributed by atoms with Gasteiger partial charge >= 0.3 is 0 Å². The van der Waals surface area contributed by atoms with E-state index >= 15 is 0 Å². The van der Waals surface area contributed by atoms with Crippen molar-refractivity contribution in [2.45, 2.75) is 44.4 Å².